The number of carbonyl (C=O) groups is 1. The van der Waals surface area contributed by atoms with Crippen LogP contribution in [0.2, 0.25) is 5.02 Å². The van der Waals surface area contributed by atoms with Crippen LogP contribution in [0.15, 0.2) is 55.1 Å². The van der Waals surface area contributed by atoms with Gasteiger partial charge in [0.05, 0.1) is 28.5 Å². The molecule has 2 heterocycles. The molecule has 1 aromatic carbocycles. The molecule has 0 saturated heterocycles. The van der Waals surface area contributed by atoms with Gasteiger partial charge in [-0.2, -0.15) is 13.2 Å². The SMILES string of the molecule is O=C(O)N(Cc1cccc(-c2cncnc2)n1)c1ccc(Cl)c(C(F)(F)F)c1. The average molecular weight is 409 g/mol. The number of alkyl halides is 3. The molecule has 0 radical (unpaired) electrons. The van der Waals surface area contributed by atoms with Crippen LogP contribution in [-0.2, 0) is 12.7 Å². The smallest absolute Gasteiger partial charge is 0.417 e. The van der Waals surface area contributed by atoms with Gasteiger partial charge in [-0.15, -0.1) is 0 Å². The Morgan fingerprint density at radius 1 is 1.14 bits per heavy atom. The fourth-order valence-corrected chi connectivity index (χ4v) is 2.71. The minimum Gasteiger partial charge on any atom is -0.465 e. The van der Waals surface area contributed by atoms with Gasteiger partial charge < -0.3 is 5.11 Å². The maximum Gasteiger partial charge on any atom is 0.417 e. The molecule has 2 aromatic heterocycles. The van der Waals surface area contributed by atoms with E-state index in [2.05, 4.69) is 15.0 Å². The second kappa shape index (κ2) is 7.81. The predicted octanol–water partition coefficient (Wildman–Crippen LogP) is 4.90. The summed E-state index contributed by atoms with van der Waals surface area (Å²) in [6.07, 6.45) is -1.68. The lowest BCUT2D eigenvalue weighted by atomic mass is 10.1. The number of nitrogens with zero attached hydrogens (tertiary/aromatic N) is 4. The second-order valence-corrected chi connectivity index (χ2v) is 6.08. The molecule has 0 atom stereocenters. The number of hydrogen-bond donors (Lipinski definition) is 1. The Balaban J connectivity index is 1.94. The Morgan fingerprint density at radius 3 is 2.50 bits per heavy atom. The third-order valence-electron chi connectivity index (χ3n) is 3.78. The molecule has 10 heteroatoms. The van der Waals surface area contributed by atoms with E-state index in [9.17, 15) is 23.1 Å². The van der Waals surface area contributed by atoms with Crippen LogP contribution < -0.4 is 4.90 Å². The van der Waals surface area contributed by atoms with Crippen LogP contribution in [0, 0.1) is 0 Å². The first-order valence-electron chi connectivity index (χ1n) is 7.84. The van der Waals surface area contributed by atoms with E-state index in [1.54, 1.807) is 30.6 Å². The van der Waals surface area contributed by atoms with Gasteiger partial charge in [-0.3, -0.25) is 9.88 Å². The fraction of sp³-hybridized carbons (Fsp3) is 0.111. The zero-order valence-corrected chi connectivity index (χ0v) is 14.8. The van der Waals surface area contributed by atoms with Gasteiger partial charge in [0.2, 0.25) is 0 Å². The number of aromatic nitrogens is 3. The van der Waals surface area contributed by atoms with Crippen molar-refractivity contribution in [2.75, 3.05) is 4.90 Å². The summed E-state index contributed by atoms with van der Waals surface area (Å²) in [6, 6.07) is 7.85. The van der Waals surface area contributed by atoms with E-state index in [1.807, 2.05) is 0 Å². The van der Waals surface area contributed by atoms with E-state index in [4.69, 9.17) is 11.6 Å². The number of carboxylic acid groups (broad SMARTS) is 1. The van der Waals surface area contributed by atoms with Gasteiger partial charge in [0.15, 0.2) is 0 Å². The Bertz CT molecular complexity index is 1000. The standard InChI is InChI=1S/C18H12ClF3N4O2/c19-15-5-4-13(6-14(15)18(20,21)22)26(17(27)28)9-12-2-1-3-16(25-12)11-7-23-10-24-8-11/h1-8,10H,9H2,(H,27,28). The highest BCUT2D eigenvalue weighted by Gasteiger charge is 2.34. The van der Waals surface area contributed by atoms with Crippen LogP contribution in [0.1, 0.15) is 11.3 Å². The molecule has 1 amide bonds. The largest absolute Gasteiger partial charge is 0.465 e. The summed E-state index contributed by atoms with van der Waals surface area (Å²) in [5.74, 6) is 0. The molecular weight excluding hydrogens is 397 g/mol. The summed E-state index contributed by atoms with van der Waals surface area (Å²) in [5.41, 5.74) is 0.195. The minimum absolute atomic E-state index is 0.167. The summed E-state index contributed by atoms with van der Waals surface area (Å²) in [7, 11) is 0. The topological polar surface area (TPSA) is 79.2 Å². The lowest BCUT2D eigenvalue weighted by Gasteiger charge is -2.21. The second-order valence-electron chi connectivity index (χ2n) is 5.67. The van der Waals surface area contributed by atoms with Crippen molar-refractivity contribution < 1.29 is 23.1 Å². The molecule has 0 saturated carbocycles. The molecule has 6 nitrogen and oxygen atoms in total. The first kappa shape index (κ1) is 19.6. The van der Waals surface area contributed by atoms with Crippen molar-refractivity contribution in [3.63, 3.8) is 0 Å². The maximum absolute atomic E-state index is 13.1. The number of benzene rings is 1. The number of amides is 1. The van der Waals surface area contributed by atoms with Gasteiger partial charge in [-0.25, -0.2) is 14.8 Å². The molecule has 0 aliphatic carbocycles. The molecule has 0 spiro atoms. The van der Waals surface area contributed by atoms with Crippen LogP contribution in [0.25, 0.3) is 11.3 Å². The molecule has 0 fully saturated rings. The van der Waals surface area contributed by atoms with E-state index in [-0.39, 0.29) is 12.2 Å². The lowest BCUT2D eigenvalue weighted by molar-refractivity contribution is -0.137. The van der Waals surface area contributed by atoms with Crippen molar-refractivity contribution in [1.29, 1.82) is 0 Å². The van der Waals surface area contributed by atoms with Crippen molar-refractivity contribution in [3.05, 3.63) is 71.4 Å². The van der Waals surface area contributed by atoms with Gasteiger partial charge in [-0.05, 0) is 30.3 Å². The van der Waals surface area contributed by atoms with Crippen LogP contribution in [0.4, 0.5) is 23.7 Å². The van der Waals surface area contributed by atoms with E-state index in [0.29, 0.717) is 23.0 Å². The fourth-order valence-electron chi connectivity index (χ4n) is 2.49. The maximum atomic E-state index is 13.1. The monoisotopic (exact) mass is 408 g/mol. The molecule has 3 rings (SSSR count). The normalized spacial score (nSPS) is 11.3. The zero-order valence-electron chi connectivity index (χ0n) is 14.1. The number of pyridine rings is 1. The van der Waals surface area contributed by atoms with E-state index < -0.39 is 22.9 Å². The first-order valence-corrected chi connectivity index (χ1v) is 8.22. The molecule has 0 bridgehead atoms. The Morgan fingerprint density at radius 2 is 1.86 bits per heavy atom. The predicted molar refractivity (Wildman–Crippen MR) is 95.9 cm³/mol. The zero-order chi connectivity index (χ0) is 20.3. The third-order valence-corrected chi connectivity index (χ3v) is 4.11. The molecular formula is C18H12ClF3N4O2. The molecule has 0 aliphatic rings. The van der Waals surface area contributed by atoms with Crippen LogP contribution >= 0.6 is 11.6 Å². The molecule has 144 valence electrons. The number of anilines is 1. The molecule has 28 heavy (non-hydrogen) atoms. The van der Waals surface area contributed by atoms with Crippen LogP contribution in [-0.4, -0.2) is 26.2 Å². The van der Waals surface area contributed by atoms with Gasteiger partial charge in [-0.1, -0.05) is 17.7 Å². The van der Waals surface area contributed by atoms with Gasteiger partial charge in [0, 0.05) is 23.6 Å². The average Bonchev–Trinajstić information content (AvgIpc) is 2.66. The molecule has 1 N–H and O–H groups in total. The molecule has 0 unspecified atom stereocenters. The number of rotatable bonds is 4. The van der Waals surface area contributed by atoms with Crippen LogP contribution in [0.5, 0.6) is 0 Å². The van der Waals surface area contributed by atoms with Gasteiger partial charge in [0.25, 0.3) is 0 Å². The van der Waals surface area contributed by atoms with Crippen molar-refractivity contribution in [2.24, 2.45) is 0 Å². The van der Waals surface area contributed by atoms with E-state index in [0.717, 1.165) is 11.0 Å². The highest BCUT2D eigenvalue weighted by atomic mass is 35.5. The van der Waals surface area contributed by atoms with Crippen molar-refractivity contribution in [3.8, 4) is 11.3 Å². The quantitative estimate of drug-likeness (QED) is 0.664. The Hall–Kier alpha value is -3.20. The first-order chi connectivity index (χ1) is 13.3. The highest BCUT2D eigenvalue weighted by Crippen LogP contribution is 2.37. The molecule has 3 aromatic rings. The van der Waals surface area contributed by atoms with Crippen LogP contribution in [0.3, 0.4) is 0 Å². The van der Waals surface area contributed by atoms with Gasteiger partial charge >= 0.3 is 12.3 Å². The summed E-state index contributed by atoms with van der Waals surface area (Å²) < 4.78 is 39.3. The van der Waals surface area contributed by atoms with E-state index in [1.165, 1.54) is 12.4 Å². The molecule has 0 aliphatic heterocycles. The summed E-state index contributed by atoms with van der Waals surface area (Å²) >= 11 is 5.60. The highest BCUT2D eigenvalue weighted by molar-refractivity contribution is 6.31. The summed E-state index contributed by atoms with van der Waals surface area (Å²) in [5, 5.41) is 8.99. The van der Waals surface area contributed by atoms with Crippen molar-refractivity contribution >= 4 is 23.4 Å². The summed E-state index contributed by atoms with van der Waals surface area (Å²) in [6.45, 7) is -0.254. The van der Waals surface area contributed by atoms with Gasteiger partial charge in [0.1, 0.15) is 6.33 Å². The number of halogens is 4. The lowest BCUT2D eigenvalue weighted by Crippen LogP contribution is -2.29. The Labute approximate surface area is 162 Å². The third kappa shape index (κ3) is 4.37. The summed E-state index contributed by atoms with van der Waals surface area (Å²) in [4.78, 5) is 24.6. The van der Waals surface area contributed by atoms with Crippen molar-refractivity contribution in [2.45, 2.75) is 12.7 Å². The van der Waals surface area contributed by atoms with E-state index >= 15 is 0 Å². The number of hydrogen-bond acceptors (Lipinski definition) is 4. The minimum atomic E-state index is -4.71. The van der Waals surface area contributed by atoms with Crippen molar-refractivity contribution in [1.82, 2.24) is 15.0 Å². The Kier molecular flexibility index (Phi) is 5.46.